The summed E-state index contributed by atoms with van der Waals surface area (Å²) in [6, 6.07) is 79.4. The van der Waals surface area contributed by atoms with Gasteiger partial charge >= 0.3 is 0 Å². The summed E-state index contributed by atoms with van der Waals surface area (Å²) < 4.78 is 5.03. The maximum atomic E-state index is 2.48. The zero-order chi connectivity index (χ0) is 37.7. The van der Waals surface area contributed by atoms with E-state index in [4.69, 9.17) is 0 Å². The summed E-state index contributed by atoms with van der Waals surface area (Å²) in [6.45, 7) is 0. The van der Waals surface area contributed by atoms with Crippen LogP contribution in [0.15, 0.2) is 218 Å². The summed E-state index contributed by atoms with van der Waals surface area (Å²) in [6.07, 6.45) is 0. The molecule has 57 heavy (non-hydrogen) atoms. The lowest BCUT2D eigenvalue weighted by Crippen LogP contribution is -2.11. The van der Waals surface area contributed by atoms with Crippen LogP contribution >= 0.6 is 11.3 Å². The van der Waals surface area contributed by atoms with Gasteiger partial charge in [-0.2, -0.15) is 0 Å². The second kappa shape index (κ2) is 13.8. The Balaban J connectivity index is 1.13. The molecule has 0 radical (unpaired) electrons. The fourth-order valence-electron chi connectivity index (χ4n) is 8.65. The fraction of sp³-hybridized carbons (Fsp3) is 0. The minimum atomic E-state index is 1.13. The van der Waals surface area contributed by atoms with Crippen molar-refractivity contribution in [3.05, 3.63) is 218 Å². The van der Waals surface area contributed by atoms with E-state index in [2.05, 4.69) is 228 Å². The van der Waals surface area contributed by atoms with Crippen LogP contribution in [0.4, 0.5) is 17.1 Å². The maximum Gasteiger partial charge on any atom is 0.0562 e. The quantitative estimate of drug-likeness (QED) is 0.158. The van der Waals surface area contributed by atoms with E-state index in [1.165, 1.54) is 69.8 Å². The third kappa shape index (κ3) is 5.63. The smallest absolute Gasteiger partial charge is 0.0562 e. The van der Waals surface area contributed by atoms with Gasteiger partial charge in [-0.1, -0.05) is 158 Å². The molecule has 0 aliphatic heterocycles. The van der Waals surface area contributed by atoms with E-state index < -0.39 is 0 Å². The van der Waals surface area contributed by atoms with Crippen LogP contribution in [0.2, 0.25) is 0 Å². The Kier molecular flexibility index (Phi) is 8.04. The van der Waals surface area contributed by atoms with Crippen molar-refractivity contribution in [1.82, 2.24) is 4.57 Å². The lowest BCUT2D eigenvalue weighted by Gasteiger charge is -2.29. The number of aromatic nitrogens is 1. The van der Waals surface area contributed by atoms with Crippen LogP contribution in [0, 0.1) is 0 Å². The fourth-order valence-corrected chi connectivity index (χ4v) is 9.74. The Morgan fingerprint density at radius 2 is 0.895 bits per heavy atom. The van der Waals surface area contributed by atoms with Gasteiger partial charge in [-0.15, -0.1) is 11.3 Å². The van der Waals surface area contributed by atoms with Crippen molar-refractivity contribution >= 4 is 70.4 Å². The molecule has 2 aromatic heterocycles. The molecule has 0 unspecified atom stereocenters. The highest BCUT2D eigenvalue weighted by molar-refractivity contribution is 7.25. The van der Waals surface area contributed by atoms with Gasteiger partial charge in [-0.3, -0.25) is 0 Å². The second-order valence-electron chi connectivity index (χ2n) is 14.5. The zero-order valence-electron chi connectivity index (χ0n) is 31.1. The standard InChI is InChI=1S/C54H36N2S/c1-3-16-37(17-4-1)42-20-7-8-21-43(42)39-30-32-40(33-31-39)55-49-26-13-10-24-46(49)54-50(55)27-15-28-51(54)56(48-25-12-9-22-44(48)38-18-5-2-6-19-38)41-34-35-53-47(36-41)45-23-11-14-29-52(45)57-53/h1-36H. The maximum absolute atomic E-state index is 2.48. The van der Waals surface area contributed by atoms with Gasteiger partial charge in [0.1, 0.15) is 0 Å². The number of hydrogen-bond donors (Lipinski definition) is 0. The number of hydrogen-bond acceptors (Lipinski definition) is 2. The highest BCUT2D eigenvalue weighted by Crippen LogP contribution is 2.48. The van der Waals surface area contributed by atoms with Gasteiger partial charge in [0, 0.05) is 47.9 Å². The lowest BCUT2D eigenvalue weighted by molar-refractivity contribution is 1.18. The van der Waals surface area contributed by atoms with Crippen molar-refractivity contribution in [2.24, 2.45) is 0 Å². The van der Waals surface area contributed by atoms with E-state index in [0.29, 0.717) is 0 Å². The predicted molar refractivity (Wildman–Crippen MR) is 245 cm³/mol. The molecule has 0 N–H and O–H groups in total. The third-order valence-electron chi connectivity index (χ3n) is 11.2. The average Bonchev–Trinajstić information content (AvgIpc) is 3.83. The van der Waals surface area contributed by atoms with Crippen LogP contribution in [0.1, 0.15) is 0 Å². The van der Waals surface area contributed by atoms with E-state index >= 15 is 0 Å². The predicted octanol–water partition coefficient (Wildman–Crippen LogP) is 15.6. The molecule has 0 aliphatic carbocycles. The van der Waals surface area contributed by atoms with E-state index in [0.717, 1.165) is 28.3 Å². The Morgan fingerprint density at radius 1 is 0.351 bits per heavy atom. The summed E-state index contributed by atoms with van der Waals surface area (Å²) in [4.78, 5) is 2.48. The van der Waals surface area contributed by atoms with Crippen molar-refractivity contribution in [2.45, 2.75) is 0 Å². The number of nitrogens with zero attached hydrogens (tertiary/aromatic N) is 2. The van der Waals surface area contributed by atoms with Gasteiger partial charge in [0.15, 0.2) is 0 Å². The van der Waals surface area contributed by atoms with Crippen LogP contribution in [-0.2, 0) is 0 Å². The Morgan fingerprint density at radius 3 is 1.65 bits per heavy atom. The Bertz CT molecular complexity index is 3230. The summed E-state index contributed by atoms with van der Waals surface area (Å²) >= 11 is 1.86. The molecule has 0 aliphatic rings. The van der Waals surface area contributed by atoms with Crippen molar-refractivity contribution in [1.29, 1.82) is 0 Å². The largest absolute Gasteiger partial charge is 0.309 e. The molecular weight excluding hydrogens is 709 g/mol. The van der Waals surface area contributed by atoms with Crippen LogP contribution in [-0.4, -0.2) is 4.57 Å². The monoisotopic (exact) mass is 744 g/mol. The summed E-state index contributed by atoms with van der Waals surface area (Å²) in [7, 11) is 0. The molecule has 0 saturated carbocycles. The zero-order valence-corrected chi connectivity index (χ0v) is 31.9. The molecule has 2 heterocycles. The number of anilines is 3. The van der Waals surface area contributed by atoms with Crippen molar-refractivity contribution in [2.75, 3.05) is 4.90 Å². The number of fused-ring (bicyclic) bond motifs is 6. The number of thiophene rings is 1. The van der Waals surface area contributed by atoms with Crippen molar-refractivity contribution in [3.63, 3.8) is 0 Å². The van der Waals surface area contributed by atoms with E-state index in [-0.39, 0.29) is 0 Å². The van der Waals surface area contributed by atoms with Crippen LogP contribution in [0.5, 0.6) is 0 Å². The normalized spacial score (nSPS) is 11.5. The first-order valence-corrected chi connectivity index (χ1v) is 20.3. The molecule has 0 atom stereocenters. The first-order chi connectivity index (χ1) is 28.3. The Hall–Kier alpha value is -7.20. The van der Waals surface area contributed by atoms with Gasteiger partial charge in [0.25, 0.3) is 0 Å². The highest BCUT2D eigenvalue weighted by atomic mass is 32.1. The van der Waals surface area contributed by atoms with Crippen LogP contribution in [0.3, 0.4) is 0 Å². The second-order valence-corrected chi connectivity index (χ2v) is 15.6. The first kappa shape index (κ1) is 33.2. The number of benzene rings is 9. The number of para-hydroxylation sites is 2. The molecule has 0 saturated heterocycles. The third-order valence-corrected chi connectivity index (χ3v) is 12.4. The molecule has 3 heteroatoms. The van der Waals surface area contributed by atoms with Gasteiger partial charge in [0.05, 0.1) is 22.4 Å². The SMILES string of the molecule is c1ccc(-c2ccccc2-c2ccc(-n3c4ccccc4c4c(N(c5ccc6sc7ccccc7c6c5)c5ccccc5-c5ccccc5)cccc43)cc2)cc1. The Labute approximate surface area is 335 Å². The van der Waals surface area contributed by atoms with Gasteiger partial charge in [-0.05, 0) is 88.5 Å². The van der Waals surface area contributed by atoms with Gasteiger partial charge < -0.3 is 9.47 Å². The minimum absolute atomic E-state index is 1.13. The molecule has 11 rings (SSSR count). The molecule has 0 bridgehead atoms. The summed E-state index contributed by atoms with van der Waals surface area (Å²) in [5, 5.41) is 5.00. The van der Waals surface area contributed by atoms with E-state index in [1.54, 1.807) is 0 Å². The average molecular weight is 745 g/mol. The highest BCUT2D eigenvalue weighted by Gasteiger charge is 2.23. The molecule has 268 valence electrons. The van der Waals surface area contributed by atoms with Crippen LogP contribution < -0.4 is 4.90 Å². The minimum Gasteiger partial charge on any atom is -0.309 e. The van der Waals surface area contributed by atoms with Gasteiger partial charge in [0.2, 0.25) is 0 Å². The molecule has 0 fully saturated rings. The molecule has 0 amide bonds. The van der Waals surface area contributed by atoms with Crippen molar-refractivity contribution in [3.8, 4) is 39.1 Å². The van der Waals surface area contributed by atoms with Gasteiger partial charge in [-0.25, -0.2) is 0 Å². The topological polar surface area (TPSA) is 8.17 Å². The van der Waals surface area contributed by atoms with Crippen molar-refractivity contribution < 1.29 is 0 Å². The van der Waals surface area contributed by atoms with Crippen LogP contribution in [0.25, 0.3) is 81.0 Å². The summed E-state index contributed by atoms with van der Waals surface area (Å²) in [5.74, 6) is 0. The molecular formula is C54H36N2S. The number of rotatable bonds is 7. The molecule has 11 aromatic rings. The first-order valence-electron chi connectivity index (χ1n) is 19.4. The lowest BCUT2D eigenvalue weighted by atomic mass is 9.94. The molecule has 0 spiro atoms. The summed E-state index contributed by atoms with van der Waals surface area (Å²) in [5.41, 5.74) is 14.1. The molecule has 2 nitrogen and oxygen atoms in total. The van der Waals surface area contributed by atoms with E-state index in [9.17, 15) is 0 Å². The van der Waals surface area contributed by atoms with E-state index in [1.807, 2.05) is 11.3 Å². The molecule has 9 aromatic carbocycles.